The number of anilines is 1. The zero-order chi connectivity index (χ0) is 24.8. The van der Waals surface area contributed by atoms with Crippen molar-refractivity contribution in [3.8, 4) is 11.4 Å². The lowest BCUT2D eigenvalue weighted by atomic mass is 9.98. The molecule has 5 rings (SSSR count). The lowest BCUT2D eigenvalue weighted by molar-refractivity contribution is 0.122. The number of nitrogens with zero attached hydrogens (tertiary/aromatic N) is 5. The molecule has 35 heavy (non-hydrogen) atoms. The third kappa shape index (κ3) is 4.93. The fourth-order valence-electron chi connectivity index (χ4n) is 4.04. The quantitative estimate of drug-likeness (QED) is 0.430. The number of nitrogens with one attached hydrogen (secondary N) is 1. The van der Waals surface area contributed by atoms with E-state index in [0.29, 0.717) is 48.6 Å². The number of benzene rings is 1. The van der Waals surface area contributed by atoms with Gasteiger partial charge in [0.2, 0.25) is 0 Å². The van der Waals surface area contributed by atoms with Gasteiger partial charge >= 0.3 is 0 Å². The number of hydrogen-bond acceptors (Lipinski definition) is 9. The van der Waals surface area contributed by atoms with Gasteiger partial charge in [-0.2, -0.15) is 0 Å². The summed E-state index contributed by atoms with van der Waals surface area (Å²) in [5, 5.41) is 9.78. The van der Waals surface area contributed by atoms with Gasteiger partial charge in [0.25, 0.3) is 0 Å². The van der Waals surface area contributed by atoms with Gasteiger partial charge in [-0.3, -0.25) is 0 Å². The molecule has 0 aliphatic carbocycles. The van der Waals surface area contributed by atoms with E-state index in [1.54, 1.807) is 6.07 Å². The molecule has 184 valence electrons. The summed E-state index contributed by atoms with van der Waals surface area (Å²) in [5.74, 6) is 1.15. The molecule has 1 aliphatic rings. The van der Waals surface area contributed by atoms with Crippen LogP contribution in [-0.4, -0.2) is 66.1 Å². The number of sulfone groups is 1. The van der Waals surface area contributed by atoms with Crippen LogP contribution in [0.4, 0.5) is 5.82 Å². The van der Waals surface area contributed by atoms with Crippen molar-refractivity contribution < 1.29 is 13.2 Å². The molecule has 1 unspecified atom stereocenters. The van der Waals surface area contributed by atoms with E-state index in [9.17, 15) is 8.42 Å². The van der Waals surface area contributed by atoms with E-state index in [-0.39, 0.29) is 5.41 Å². The van der Waals surface area contributed by atoms with E-state index in [1.165, 1.54) is 17.6 Å². The van der Waals surface area contributed by atoms with Crippen molar-refractivity contribution in [3.63, 3.8) is 0 Å². The molecule has 0 spiro atoms. The Morgan fingerprint density at radius 2 is 1.86 bits per heavy atom. The van der Waals surface area contributed by atoms with Gasteiger partial charge in [-0.25, -0.2) is 18.4 Å². The second kappa shape index (κ2) is 8.96. The summed E-state index contributed by atoms with van der Waals surface area (Å²) < 4.78 is 31.7. The van der Waals surface area contributed by atoms with Gasteiger partial charge in [-0.1, -0.05) is 32.1 Å². The Kier molecular flexibility index (Phi) is 6.10. The normalized spacial score (nSPS) is 16.1. The highest BCUT2D eigenvalue weighted by Crippen LogP contribution is 2.36. The fraction of sp³-hybridized carbons (Fsp3) is 0.417. The molecule has 4 heterocycles. The summed E-state index contributed by atoms with van der Waals surface area (Å²) in [6, 6.07) is 9.68. The molecule has 11 heteroatoms. The van der Waals surface area contributed by atoms with Crippen LogP contribution >= 0.6 is 11.3 Å². The SMILES string of the molecule is CC(C)(C)c1nnc(C(c2cc(N3CCOCC3)nc(-c3ccc4[nH]ccc4c3)n2)S(C)(=O)=O)s1. The zero-order valence-corrected chi connectivity index (χ0v) is 21.8. The molecule has 1 N–H and O–H groups in total. The summed E-state index contributed by atoms with van der Waals surface area (Å²) in [6.07, 6.45) is 3.10. The predicted octanol–water partition coefficient (Wildman–Crippen LogP) is 3.74. The Morgan fingerprint density at radius 3 is 2.54 bits per heavy atom. The van der Waals surface area contributed by atoms with E-state index < -0.39 is 15.1 Å². The van der Waals surface area contributed by atoms with Gasteiger partial charge in [0, 0.05) is 53.5 Å². The Balaban J connectivity index is 1.67. The molecule has 0 radical (unpaired) electrons. The van der Waals surface area contributed by atoms with Gasteiger partial charge in [0.1, 0.15) is 15.8 Å². The van der Waals surface area contributed by atoms with E-state index >= 15 is 0 Å². The Labute approximate surface area is 208 Å². The van der Waals surface area contributed by atoms with Gasteiger partial charge in [0.15, 0.2) is 20.9 Å². The summed E-state index contributed by atoms with van der Waals surface area (Å²) >= 11 is 1.32. The largest absolute Gasteiger partial charge is 0.378 e. The highest BCUT2D eigenvalue weighted by atomic mass is 32.2. The van der Waals surface area contributed by atoms with Crippen molar-refractivity contribution in [2.75, 3.05) is 37.5 Å². The van der Waals surface area contributed by atoms with Crippen molar-refractivity contribution in [3.05, 3.63) is 52.2 Å². The third-order valence-electron chi connectivity index (χ3n) is 5.88. The van der Waals surface area contributed by atoms with E-state index in [0.717, 1.165) is 21.5 Å². The molecular weight excluding hydrogens is 484 g/mol. The molecule has 1 aromatic carbocycles. The lowest BCUT2D eigenvalue weighted by Crippen LogP contribution is -2.37. The smallest absolute Gasteiger partial charge is 0.162 e. The lowest BCUT2D eigenvalue weighted by Gasteiger charge is -2.28. The number of morpholine rings is 1. The van der Waals surface area contributed by atoms with Crippen LogP contribution in [0.3, 0.4) is 0 Å². The van der Waals surface area contributed by atoms with Crippen LogP contribution in [0.5, 0.6) is 0 Å². The maximum absolute atomic E-state index is 13.1. The highest BCUT2D eigenvalue weighted by Gasteiger charge is 2.33. The minimum atomic E-state index is -3.61. The predicted molar refractivity (Wildman–Crippen MR) is 138 cm³/mol. The number of hydrogen-bond donors (Lipinski definition) is 1. The molecule has 3 aromatic heterocycles. The Bertz CT molecular complexity index is 1470. The zero-order valence-electron chi connectivity index (χ0n) is 20.1. The molecule has 1 saturated heterocycles. The summed E-state index contributed by atoms with van der Waals surface area (Å²) in [5.41, 5.74) is 1.98. The number of H-pyrrole nitrogens is 1. The Morgan fingerprint density at radius 1 is 1.09 bits per heavy atom. The average molecular weight is 513 g/mol. The monoisotopic (exact) mass is 512 g/mol. The van der Waals surface area contributed by atoms with Crippen LogP contribution in [0, 0.1) is 0 Å². The van der Waals surface area contributed by atoms with Gasteiger partial charge in [-0.05, 0) is 24.3 Å². The molecule has 0 bridgehead atoms. The fourth-order valence-corrected chi connectivity index (χ4v) is 6.57. The Hall–Kier alpha value is -2.89. The first-order valence-corrected chi connectivity index (χ1v) is 14.2. The number of ether oxygens (including phenoxy) is 1. The number of rotatable bonds is 5. The van der Waals surface area contributed by atoms with E-state index in [2.05, 4.69) is 20.1 Å². The second-order valence-electron chi connectivity index (χ2n) is 9.76. The first kappa shape index (κ1) is 23.8. The molecule has 0 amide bonds. The molecule has 1 atom stereocenters. The standard InChI is InChI=1S/C24H28N6O3S2/c1-24(2,3)23-29-28-22(34-23)20(35(4,31)32)18-14-19(30-9-11-33-12-10-30)27-21(26-18)16-5-6-17-15(13-16)7-8-25-17/h5-8,13-14,20,25H,9-12H2,1-4H3. The van der Waals surface area contributed by atoms with E-state index in [1.807, 2.05) is 51.2 Å². The molecule has 0 saturated carbocycles. The van der Waals surface area contributed by atoms with Crippen LogP contribution in [0.15, 0.2) is 36.5 Å². The highest BCUT2D eigenvalue weighted by molar-refractivity contribution is 7.91. The maximum Gasteiger partial charge on any atom is 0.162 e. The van der Waals surface area contributed by atoms with Crippen LogP contribution in [0.25, 0.3) is 22.3 Å². The number of aromatic amines is 1. The molecular formula is C24H28N6O3S2. The molecule has 4 aromatic rings. The van der Waals surface area contributed by atoms with Gasteiger partial charge in [-0.15, -0.1) is 10.2 Å². The van der Waals surface area contributed by atoms with Crippen LogP contribution in [-0.2, 0) is 20.0 Å². The van der Waals surface area contributed by atoms with Gasteiger partial charge < -0.3 is 14.6 Å². The topological polar surface area (TPSA) is 114 Å². The van der Waals surface area contributed by atoms with Crippen molar-refractivity contribution in [1.82, 2.24) is 25.1 Å². The number of fused-ring (bicyclic) bond motifs is 1. The average Bonchev–Trinajstić information content (AvgIpc) is 3.48. The number of aromatic nitrogens is 5. The molecule has 9 nitrogen and oxygen atoms in total. The van der Waals surface area contributed by atoms with Gasteiger partial charge in [0.05, 0.1) is 18.9 Å². The van der Waals surface area contributed by atoms with Crippen LogP contribution in [0.1, 0.15) is 41.7 Å². The minimum Gasteiger partial charge on any atom is -0.378 e. The van der Waals surface area contributed by atoms with Crippen molar-refractivity contribution in [2.45, 2.75) is 31.4 Å². The van der Waals surface area contributed by atoms with Crippen LogP contribution in [0.2, 0.25) is 0 Å². The van der Waals surface area contributed by atoms with E-state index in [4.69, 9.17) is 14.7 Å². The summed E-state index contributed by atoms with van der Waals surface area (Å²) in [6.45, 7) is 8.61. The molecule has 1 fully saturated rings. The summed E-state index contributed by atoms with van der Waals surface area (Å²) in [4.78, 5) is 14.9. The maximum atomic E-state index is 13.1. The van der Waals surface area contributed by atoms with Crippen molar-refractivity contribution in [2.24, 2.45) is 0 Å². The van der Waals surface area contributed by atoms with Crippen LogP contribution < -0.4 is 4.90 Å². The molecule has 1 aliphatic heterocycles. The summed E-state index contributed by atoms with van der Waals surface area (Å²) in [7, 11) is -3.61. The minimum absolute atomic E-state index is 0.236. The van der Waals surface area contributed by atoms with Crippen molar-refractivity contribution in [1.29, 1.82) is 0 Å². The first-order chi connectivity index (χ1) is 16.6. The first-order valence-electron chi connectivity index (χ1n) is 11.4. The second-order valence-corrected chi connectivity index (χ2v) is 12.9. The third-order valence-corrected chi connectivity index (χ3v) is 8.77. The van der Waals surface area contributed by atoms with Crippen molar-refractivity contribution >= 4 is 37.9 Å².